The lowest BCUT2D eigenvalue weighted by molar-refractivity contribution is -0.862. The first kappa shape index (κ1) is 17.8. The van der Waals surface area contributed by atoms with Crippen molar-refractivity contribution in [3.8, 4) is 0 Å². The van der Waals surface area contributed by atoms with Crippen molar-refractivity contribution in [2.45, 2.75) is 19.8 Å². The van der Waals surface area contributed by atoms with E-state index in [4.69, 9.17) is 11.6 Å². The first-order valence-corrected chi connectivity index (χ1v) is 8.47. The molecule has 0 spiro atoms. The topological polar surface area (TPSA) is 53.9 Å². The van der Waals surface area contributed by atoms with Gasteiger partial charge in [-0.3, -0.25) is 9.59 Å². The number of benzene rings is 1. The van der Waals surface area contributed by atoms with Gasteiger partial charge in [-0.2, -0.15) is 0 Å². The number of carbonyl (C=O) groups excluding carboxylic acids is 2. The summed E-state index contributed by atoms with van der Waals surface area (Å²) in [5, 5.41) is 3.30. The number of likely N-dealkylation sites (N-methyl/N-ethyl adjacent to an activating group) is 1. The van der Waals surface area contributed by atoms with E-state index in [2.05, 4.69) is 12.2 Å². The van der Waals surface area contributed by atoms with Gasteiger partial charge in [0.25, 0.3) is 11.8 Å². The summed E-state index contributed by atoms with van der Waals surface area (Å²) >= 11 is 6.02. The molecule has 1 fully saturated rings. The molecule has 1 aromatic rings. The zero-order valence-corrected chi connectivity index (χ0v) is 14.5. The van der Waals surface area contributed by atoms with E-state index in [-0.39, 0.29) is 18.4 Å². The molecule has 2 N–H and O–H groups in total. The summed E-state index contributed by atoms with van der Waals surface area (Å²) in [7, 11) is 1.86. The second-order valence-electron chi connectivity index (χ2n) is 6.43. The molecule has 6 heteroatoms. The average molecular weight is 339 g/mol. The maximum Gasteiger partial charge on any atom is 0.279 e. The SMILES string of the molecule is C[C@@H]1CCCN(C(=O)C[NH+](C)CC(=O)Nc2ccccc2Cl)C1. The second-order valence-corrected chi connectivity index (χ2v) is 6.83. The summed E-state index contributed by atoms with van der Waals surface area (Å²) in [5.74, 6) is 0.548. The van der Waals surface area contributed by atoms with E-state index in [0.717, 1.165) is 24.4 Å². The highest BCUT2D eigenvalue weighted by atomic mass is 35.5. The lowest BCUT2D eigenvalue weighted by atomic mass is 10.0. The smallest absolute Gasteiger partial charge is 0.279 e. The van der Waals surface area contributed by atoms with Crippen molar-refractivity contribution in [2.75, 3.05) is 38.5 Å². The molecule has 1 unspecified atom stereocenters. The van der Waals surface area contributed by atoms with Crippen LogP contribution >= 0.6 is 11.6 Å². The van der Waals surface area contributed by atoms with Crippen LogP contribution in [-0.2, 0) is 9.59 Å². The third-order valence-corrected chi connectivity index (χ3v) is 4.40. The number of halogens is 1. The van der Waals surface area contributed by atoms with Gasteiger partial charge in [0, 0.05) is 13.1 Å². The molecule has 126 valence electrons. The number of rotatable bonds is 5. The van der Waals surface area contributed by atoms with Crippen molar-refractivity contribution in [3.63, 3.8) is 0 Å². The summed E-state index contributed by atoms with van der Waals surface area (Å²) in [6.45, 7) is 4.41. The van der Waals surface area contributed by atoms with Crippen LogP contribution < -0.4 is 10.2 Å². The van der Waals surface area contributed by atoms with Gasteiger partial charge in [-0.05, 0) is 30.9 Å². The number of para-hydroxylation sites is 1. The summed E-state index contributed by atoms with van der Waals surface area (Å²) in [5.41, 5.74) is 0.600. The van der Waals surface area contributed by atoms with Gasteiger partial charge in [-0.1, -0.05) is 30.7 Å². The standard InChI is InChI=1S/C17H24ClN3O2/c1-13-6-5-9-21(10-13)17(23)12-20(2)11-16(22)19-15-8-4-3-7-14(15)18/h3-4,7-8,13H,5-6,9-12H2,1-2H3,(H,19,22)/p+1/t13-/m1/s1. The Bertz CT molecular complexity index is 565. The number of piperidine rings is 1. The van der Waals surface area contributed by atoms with Gasteiger partial charge in [0.05, 0.1) is 17.8 Å². The fraction of sp³-hybridized carbons (Fsp3) is 0.529. The minimum Gasteiger partial charge on any atom is -0.338 e. The van der Waals surface area contributed by atoms with Gasteiger partial charge in [0.1, 0.15) is 0 Å². The molecule has 0 bridgehead atoms. The van der Waals surface area contributed by atoms with Crippen LogP contribution in [0.5, 0.6) is 0 Å². The molecule has 2 rings (SSSR count). The molecule has 1 heterocycles. The molecule has 1 aliphatic rings. The third kappa shape index (κ3) is 5.52. The Morgan fingerprint density at radius 2 is 2.09 bits per heavy atom. The molecule has 0 saturated carbocycles. The maximum atomic E-state index is 12.3. The van der Waals surface area contributed by atoms with Crippen molar-refractivity contribution >= 4 is 29.1 Å². The Morgan fingerprint density at radius 1 is 1.35 bits per heavy atom. The van der Waals surface area contributed by atoms with Gasteiger partial charge in [0.2, 0.25) is 0 Å². The highest BCUT2D eigenvalue weighted by molar-refractivity contribution is 6.33. The second kappa shape index (κ2) is 8.31. The quantitative estimate of drug-likeness (QED) is 0.843. The monoisotopic (exact) mass is 338 g/mol. The van der Waals surface area contributed by atoms with Gasteiger partial charge in [-0.25, -0.2) is 0 Å². The van der Waals surface area contributed by atoms with E-state index < -0.39 is 0 Å². The normalized spacial score (nSPS) is 19.3. The van der Waals surface area contributed by atoms with Crippen molar-refractivity contribution in [1.82, 2.24) is 4.90 Å². The highest BCUT2D eigenvalue weighted by Gasteiger charge is 2.24. The number of anilines is 1. The molecule has 1 aliphatic heterocycles. The Hall–Kier alpha value is -1.59. The summed E-state index contributed by atoms with van der Waals surface area (Å²) in [6.07, 6.45) is 2.26. The molecule has 0 aromatic heterocycles. The van der Waals surface area contributed by atoms with Crippen LogP contribution in [0.15, 0.2) is 24.3 Å². The van der Waals surface area contributed by atoms with Crippen LogP contribution in [0.25, 0.3) is 0 Å². The van der Waals surface area contributed by atoms with Crippen LogP contribution in [0.4, 0.5) is 5.69 Å². The average Bonchev–Trinajstić information content (AvgIpc) is 2.49. The summed E-state index contributed by atoms with van der Waals surface area (Å²) in [4.78, 5) is 27.2. The number of quaternary nitrogens is 1. The van der Waals surface area contributed by atoms with Gasteiger partial charge >= 0.3 is 0 Å². The van der Waals surface area contributed by atoms with Crippen molar-refractivity contribution in [3.05, 3.63) is 29.3 Å². The molecular formula is C17H25ClN3O2+. The van der Waals surface area contributed by atoms with E-state index >= 15 is 0 Å². The number of hydrogen-bond acceptors (Lipinski definition) is 2. The van der Waals surface area contributed by atoms with Crippen LogP contribution in [-0.4, -0.2) is 49.9 Å². The van der Waals surface area contributed by atoms with Crippen molar-refractivity contribution in [1.29, 1.82) is 0 Å². The van der Waals surface area contributed by atoms with E-state index in [1.807, 2.05) is 24.1 Å². The fourth-order valence-electron chi connectivity index (χ4n) is 2.88. The number of carbonyl (C=O) groups is 2. The van der Waals surface area contributed by atoms with E-state index in [9.17, 15) is 9.59 Å². The third-order valence-electron chi connectivity index (χ3n) is 4.07. The minimum absolute atomic E-state index is 0.125. The summed E-state index contributed by atoms with van der Waals surface area (Å²) < 4.78 is 0. The van der Waals surface area contributed by atoms with Gasteiger partial charge < -0.3 is 15.1 Å². The Labute approximate surface area is 142 Å². The van der Waals surface area contributed by atoms with E-state index in [0.29, 0.717) is 23.2 Å². The number of nitrogens with one attached hydrogen (secondary N) is 2. The molecule has 5 nitrogen and oxygen atoms in total. The molecule has 23 heavy (non-hydrogen) atoms. The Balaban J connectivity index is 1.79. The number of nitrogens with zero attached hydrogens (tertiary/aromatic N) is 1. The molecule has 1 saturated heterocycles. The first-order valence-electron chi connectivity index (χ1n) is 8.09. The predicted octanol–water partition coefficient (Wildman–Crippen LogP) is 1.05. The minimum atomic E-state index is -0.143. The lowest BCUT2D eigenvalue weighted by Gasteiger charge is -2.31. The van der Waals surface area contributed by atoms with Crippen LogP contribution in [0.3, 0.4) is 0 Å². The molecule has 1 aromatic carbocycles. The zero-order valence-electron chi connectivity index (χ0n) is 13.8. The lowest BCUT2D eigenvalue weighted by Crippen LogP contribution is -3.11. The van der Waals surface area contributed by atoms with E-state index in [1.54, 1.807) is 12.1 Å². The van der Waals surface area contributed by atoms with Crippen LogP contribution in [0.2, 0.25) is 5.02 Å². The zero-order chi connectivity index (χ0) is 16.8. The fourth-order valence-corrected chi connectivity index (χ4v) is 3.06. The number of likely N-dealkylation sites (tertiary alicyclic amines) is 1. The molecule has 0 aliphatic carbocycles. The molecule has 2 atom stereocenters. The largest absolute Gasteiger partial charge is 0.338 e. The van der Waals surface area contributed by atoms with Crippen molar-refractivity contribution in [2.24, 2.45) is 5.92 Å². The molecule has 2 amide bonds. The van der Waals surface area contributed by atoms with Crippen LogP contribution in [0.1, 0.15) is 19.8 Å². The maximum absolute atomic E-state index is 12.3. The number of hydrogen-bond donors (Lipinski definition) is 2. The van der Waals surface area contributed by atoms with Crippen LogP contribution in [0, 0.1) is 5.92 Å². The highest BCUT2D eigenvalue weighted by Crippen LogP contribution is 2.19. The van der Waals surface area contributed by atoms with Crippen molar-refractivity contribution < 1.29 is 14.5 Å². The Morgan fingerprint density at radius 3 is 2.78 bits per heavy atom. The molecular weight excluding hydrogens is 314 g/mol. The number of amides is 2. The first-order chi connectivity index (χ1) is 11.0. The van der Waals surface area contributed by atoms with E-state index in [1.165, 1.54) is 6.42 Å². The molecule has 0 radical (unpaired) electrons. The summed E-state index contributed by atoms with van der Waals surface area (Å²) in [6, 6.07) is 7.12. The Kier molecular flexibility index (Phi) is 6.42. The van der Waals surface area contributed by atoms with Gasteiger partial charge in [-0.15, -0.1) is 0 Å². The van der Waals surface area contributed by atoms with Gasteiger partial charge in [0.15, 0.2) is 13.1 Å². The predicted molar refractivity (Wildman–Crippen MR) is 91.7 cm³/mol.